The zero-order valence-electron chi connectivity index (χ0n) is 9.95. The summed E-state index contributed by atoms with van der Waals surface area (Å²) >= 11 is 0. The fraction of sp³-hybridized carbons (Fsp3) is 0.500. The highest BCUT2D eigenvalue weighted by Crippen LogP contribution is 2.12. The summed E-state index contributed by atoms with van der Waals surface area (Å²) < 4.78 is 6.59. The molecule has 0 aliphatic heterocycles. The molecule has 0 bridgehead atoms. The maximum Gasteiger partial charge on any atom is 0.243 e. The average molecular weight is 219 g/mol. The van der Waals surface area contributed by atoms with Crippen molar-refractivity contribution in [3.63, 3.8) is 0 Å². The third kappa shape index (κ3) is 2.32. The molecule has 16 heavy (non-hydrogen) atoms. The minimum Gasteiger partial charge on any atom is -0.330 e. The summed E-state index contributed by atoms with van der Waals surface area (Å²) in [6.07, 6.45) is 13.3. The van der Waals surface area contributed by atoms with E-state index < -0.39 is 0 Å². The molecule has 2 rings (SSSR count). The van der Waals surface area contributed by atoms with Crippen LogP contribution in [0.1, 0.15) is 26.3 Å². The highest BCUT2D eigenvalue weighted by molar-refractivity contribution is 4.81. The van der Waals surface area contributed by atoms with E-state index in [-0.39, 0.29) is 0 Å². The lowest BCUT2D eigenvalue weighted by atomic mass is 10.2. The maximum absolute atomic E-state index is 4.10. The molecule has 2 aromatic heterocycles. The third-order valence-corrected chi connectivity index (χ3v) is 2.95. The molecule has 0 aromatic carbocycles. The van der Waals surface area contributed by atoms with Gasteiger partial charge >= 0.3 is 0 Å². The van der Waals surface area contributed by atoms with E-state index >= 15 is 0 Å². The molecule has 1 unspecified atom stereocenters. The molecular weight excluding hydrogens is 200 g/mol. The van der Waals surface area contributed by atoms with Crippen molar-refractivity contribution in [1.29, 1.82) is 0 Å². The van der Waals surface area contributed by atoms with E-state index in [1.165, 1.54) is 0 Å². The quantitative estimate of drug-likeness (QED) is 0.702. The molecule has 4 heteroatoms. The van der Waals surface area contributed by atoms with Crippen LogP contribution >= 0.6 is 0 Å². The van der Waals surface area contributed by atoms with E-state index in [0.717, 1.165) is 19.5 Å². The van der Waals surface area contributed by atoms with Crippen LogP contribution in [0.15, 0.2) is 37.4 Å². The lowest BCUT2D eigenvalue weighted by Gasteiger charge is -2.13. The monoisotopic (exact) mass is 219 g/mol. The van der Waals surface area contributed by atoms with Crippen molar-refractivity contribution in [3.05, 3.63) is 37.4 Å². The van der Waals surface area contributed by atoms with Crippen LogP contribution in [0.5, 0.6) is 0 Å². The Bertz CT molecular complexity index is 416. The molecule has 0 aliphatic rings. The molecule has 0 radical (unpaired) electrons. The molecule has 0 amide bonds. The van der Waals surface area contributed by atoms with Crippen molar-refractivity contribution in [2.45, 2.75) is 39.4 Å². The third-order valence-electron chi connectivity index (χ3n) is 2.95. The molecule has 0 saturated carbocycles. The topological polar surface area (TPSA) is 26.6 Å². The molecule has 2 aromatic rings. The molecule has 2 heterocycles. The molecule has 0 spiro atoms. The summed E-state index contributed by atoms with van der Waals surface area (Å²) in [6, 6.07) is 0.486. The minimum absolute atomic E-state index is 0.486. The van der Waals surface area contributed by atoms with Gasteiger partial charge in [-0.25, -0.2) is 14.1 Å². The van der Waals surface area contributed by atoms with E-state index in [1.54, 1.807) is 0 Å². The Hall–Kier alpha value is -1.58. The van der Waals surface area contributed by atoms with Crippen molar-refractivity contribution >= 4 is 0 Å². The summed E-state index contributed by atoms with van der Waals surface area (Å²) in [4.78, 5) is 4.10. The summed E-state index contributed by atoms with van der Waals surface area (Å²) in [6.45, 7) is 6.38. The Balaban J connectivity index is 2.07. The van der Waals surface area contributed by atoms with Gasteiger partial charge in [0.05, 0.1) is 18.9 Å². The summed E-state index contributed by atoms with van der Waals surface area (Å²) in [7, 11) is 0. The number of aryl methyl sites for hydroxylation is 1. The van der Waals surface area contributed by atoms with Gasteiger partial charge in [-0.1, -0.05) is 6.92 Å². The smallest absolute Gasteiger partial charge is 0.243 e. The van der Waals surface area contributed by atoms with Crippen LogP contribution in [0.4, 0.5) is 0 Å². The molecule has 0 N–H and O–H groups in total. The number of nitrogens with zero attached hydrogens (tertiary/aromatic N) is 4. The second-order valence-corrected chi connectivity index (χ2v) is 4.01. The van der Waals surface area contributed by atoms with E-state index in [4.69, 9.17) is 0 Å². The SMILES string of the molecule is CCC(Cn1cc[n+](CC)c1)n1ccnc1. The van der Waals surface area contributed by atoms with Gasteiger partial charge in [0.15, 0.2) is 0 Å². The minimum atomic E-state index is 0.486. The highest BCUT2D eigenvalue weighted by atomic mass is 15.1. The van der Waals surface area contributed by atoms with E-state index in [1.807, 2.05) is 18.7 Å². The van der Waals surface area contributed by atoms with Crippen molar-refractivity contribution in [1.82, 2.24) is 14.1 Å². The Morgan fingerprint density at radius 1 is 1.31 bits per heavy atom. The van der Waals surface area contributed by atoms with E-state index in [0.29, 0.717) is 6.04 Å². The standard InChI is InChI=1S/C12H19N4/c1-3-12(16-6-5-13-10-16)9-15-8-7-14(4-2)11-15/h5-8,10-12H,3-4,9H2,1-2H3/q+1. The molecule has 4 nitrogen and oxygen atoms in total. The first-order chi connectivity index (χ1) is 7.83. The molecule has 0 saturated heterocycles. The van der Waals surface area contributed by atoms with Crippen LogP contribution in [0.3, 0.4) is 0 Å². The van der Waals surface area contributed by atoms with Crippen LogP contribution in [0, 0.1) is 0 Å². The lowest BCUT2D eigenvalue weighted by Crippen LogP contribution is -2.29. The Morgan fingerprint density at radius 2 is 2.19 bits per heavy atom. The van der Waals surface area contributed by atoms with Gasteiger partial charge in [0.2, 0.25) is 6.33 Å². The van der Waals surface area contributed by atoms with Gasteiger partial charge in [0, 0.05) is 12.4 Å². The molecule has 0 aliphatic carbocycles. The van der Waals surface area contributed by atoms with Crippen molar-refractivity contribution in [3.8, 4) is 0 Å². The number of rotatable bonds is 5. The van der Waals surface area contributed by atoms with E-state index in [9.17, 15) is 0 Å². The second kappa shape index (κ2) is 4.96. The molecule has 1 atom stereocenters. The van der Waals surface area contributed by atoms with Gasteiger partial charge in [-0.3, -0.25) is 0 Å². The van der Waals surface area contributed by atoms with E-state index in [2.05, 4.69) is 51.3 Å². The predicted molar refractivity (Wildman–Crippen MR) is 61.9 cm³/mol. The fourth-order valence-electron chi connectivity index (χ4n) is 1.90. The summed E-state index contributed by atoms with van der Waals surface area (Å²) in [5.74, 6) is 0. The Morgan fingerprint density at radius 3 is 2.75 bits per heavy atom. The first-order valence-corrected chi connectivity index (χ1v) is 5.85. The van der Waals surface area contributed by atoms with Gasteiger partial charge in [0.25, 0.3) is 0 Å². The second-order valence-electron chi connectivity index (χ2n) is 4.01. The lowest BCUT2D eigenvalue weighted by molar-refractivity contribution is -0.693. The number of imidazole rings is 2. The van der Waals surface area contributed by atoms with Crippen LogP contribution < -0.4 is 4.57 Å². The first kappa shape index (κ1) is 10.9. The van der Waals surface area contributed by atoms with Crippen LogP contribution in [0.25, 0.3) is 0 Å². The highest BCUT2D eigenvalue weighted by Gasteiger charge is 2.12. The summed E-state index contributed by atoms with van der Waals surface area (Å²) in [5.41, 5.74) is 0. The number of hydrogen-bond donors (Lipinski definition) is 0. The maximum atomic E-state index is 4.10. The van der Waals surface area contributed by atoms with Crippen LogP contribution in [-0.4, -0.2) is 14.1 Å². The number of aromatic nitrogens is 4. The van der Waals surface area contributed by atoms with Gasteiger partial charge in [-0.15, -0.1) is 0 Å². The zero-order chi connectivity index (χ0) is 11.4. The largest absolute Gasteiger partial charge is 0.330 e. The first-order valence-electron chi connectivity index (χ1n) is 5.85. The molecule has 0 fully saturated rings. The van der Waals surface area contributed by atoms with Crippen LogP contribution in [-0.2, 0) is 13.1 Å². The Labute approximate surface area is 96.2 Å². The van der Waals surface area contributed by atoms with Gasteiger partial charge in [-0.05, 0) is 13.3 Å². The van der Waals surface area contributed by atoms with Gasteiger partial charge in [0.1, 0.15) is 18.9 Å². The Kier molecular flexibility index (Phi) is 3.39. The van der Waals surface area contributed by atoms with Crippen molar-refractivity contribution in [2.75, 3.05) is 0 Å². The predicted octanol–water partition coefficient (Wildman–Crippen LogP) is 1.64. The van der Waals surface area contributed by atoms with Crippen molar-refractivity contribution in [2.24, 2.45) is 0 Å². The van der Waals surface area contributed by atoms with Gasteiger partial charge in [-0.2, -0.15) is 0 Å². The van der Waals surface area contributed by atoms with Crippen LogP contribution in [0.2, 0.25) is 0 Å². The normalized spacial score (nSPS) is 12.9. The van der Waals surface area contributed by atoms with Crippen molar-refractivity contribution < 1.29 is 4.57 Å². The van der Waals surface area contributed by atoms with Gasteiger partial charge < -0.3 is 4.57 Å². The molecular formula is C12H19N4+. The number of hydrogen-bond acceptors (Lipinski definition) is 1. The molecule has 86 valence electrons. The average Bonchev–Trinajstić information content (AvgIpc) is 2.96. The fourth-order valence-corrected chi connectivity index (χ4v) is 1.90. The summed E-state index contributed by atoms with van der Waals surface area (Å²) in [5, 5.41) is 0. The zero-order valence-corrected chi connectivity index (χ0v) is 9.95.